The van der Waals surface area contributed by atoms with E-state index in [0.717, 1.165) is 15.6 Å². The zero-order chi connectivity index (χ0) is 14.1. The van der Waals surface area contributed by atoms with Gasteiger partial charge in [0, 0.05) is 28.1 Å². The van der Waals surface area contributed by atoms with Gasteiger partial charge in [0.05, 0.1) is 4.88 Å². The van der Waals surface area contributed by atoms with Crippen LogP contribution in [-0.2, 0) is 6.54 Å². The van der Waals surface area contributed by atoms with Crippen LogP contribution in [0.3, 0.4) is 0 Å². The fourth-order valence-corrected chi connectivity index (χ4v) is 3.41. The second kappa shape index (κ2) is 5.40. The highest BCUT2D eigenvalue weighted by atomic mass is 79.9. The molecule has 3 rings (SSSR count). The molecule has 0 aliphatic heterocycles. The van der Waals surface area contributed by atoms with Gasteiger partial charge in [-0.25, -0.2) is 5.84 Å². The van der Waals surface area contributed by atoms with Gasteiger partial charge in [0.25, 0.3) is 5.91 Å². The minimum atomic E-state index is -0.241. The number of benzene rings is 1. The summed E-state index contributed by atoms with van der Waals surface area (Å²) in [6, 6.07) is 10.2. The van der Waals surface area contributed by atoms with Gasteiger partial charge < -0.3 is 4.57 Å². The Bertz CT molecular complexity index is 778. The van der Waals surface area contributed by atoms with Crippen molar-refractivity contribution in [2.45, 2.75) is 6.54 Å². The quantitative estimate of drug-likeness (QED) is 0.433. The minimum absolute atomic E-state index is 0.241. The van der Waals surface area contributed by atoms with Crippen LogP contribution in [0.4, 0.5) is 0 Å². The highest BCUT2D eigenvalue weighted by Gasteiger charge is 2.13. The van der Waals surface area contributed by atoms with Gasteiger partial charge in [0.15, 0.2) is 0 Å². The number of nitrogens with one attached hydrogen (secondary N) is 1. The van der Waals surface area contributed by atoms with Crippen LogP contribution in [0.1, 0.15) is 15.2 Å². The Kier molecular flexibility index (Phi) is 3.60. The number of carbonyl (C=O) groups is 1. The van der Waals surface area contributed by atoms with Gasteiger partial charge in [-0.1, -0.05) is 15.9 Å². The summed E-state index contributed by atoms with van der Waals surface area (Å²) < 4.78 is 3.18. The number of hydrogen-bond donors (Lipinski definition) is 2. The van der Waals surface area contributed by atoms with E-state index in [1.165, 1.54) is 16.7 Å². The molecule has 6 heteroatoms. The number of carbonyl (C=O) groups excluding carboxylic acids is 1. The standard InChI is InChI=1S/C14H12BrN3OS/c15-11-1-2-12-9(7-11)3-5-18(12)8-10-4-6-20-13(10)14(19)17-16/h1-7H,8,16H2,(H,17,19). The summed E-state index contributed by atoms with van der Waals surface area (Å²) in [5.41, 5.74) is 4.30. The zero-order valence-electron chi connectivity index (χ0n) is 10.5. The molecule has 2 aromatic heterocycles. The van der Waals surface area contributed by atoms with Crippen LogP contribution in [0.2, 0.25) is 0 Å². The lowest BCUT2D eigenvalue weighted by molar-refractivity contribution is 0.0957. The number of thiophene rings is 1. The highest BCUT2D eigenvalue weighted by Crippen LogP contribution is 2.24. The van der Waals surface area contributed by atoms with Gasteiger partial charge in [0.1, 0.15) is 0 Å². The third kappa shape index (κ3) is 2.37. The number of halogens is 1. The van der Waals surface area contributed by atoms with E-state index in [1.807, 2.05) is 23.7 Å². The highest BCUT2D eigenvalue weighted by molar-refractivity contribution is 9.10. The number of nitrogens with zero attached hydrogens (tertiary/aromatic N) is 1. The van der Waals surface area contributed by atoms with Gasteiger partial charge in [-0.05, 0) is 41.3 Å². The molecule has 3 aromatic rings. The van der Waals surface area contributed by atoms with Gasteiger partial charge in [-0.15, -0.1) is 11.3 Å². The van der Waals surface area contributed by atoms with Crippen LogP contribution in [0.5, 0.6) is 0 Å². The average Bonchev–Trinajstić information content (AvgIpc) is 3.05. The van der Waals surface area contributed by atoms with Crippen LogP contribution in [0.15, 0.2) is 46.4 Å². The first-order valence-corrected chi connectivity index (χ1v) is 7.68. The molecule has 0 saturated heterocycles. The average molecular weight is 350 g/mol. The Hall–Kier alpha value is -1.63. The Morgan fingerprint density at radius 3 is 3.00 bits per heavy atom. The van der Waals surface area contributed by atoms with E-state index in [9.17, 15) is 4.79 Å². The van der Waals surface area contributed by atoms with Crippen LogP contribution in [-0.4, -0.2) is 10.5 Å². The van der Waals surface area contributed by atoms with E-state index in [4.69, 9.17) is 5.84 Å². The predicted molar refractivity (Wildman–Crippen MR) is 84.7 cm³/mol. The molecule has 4 nitrogen and oxygen atoms in total. The molecular weight excluding hydrogens is 338 g/mol. The summed E-state index contributed by atoms with van der Waals surface area (Å²) in [7, 11) is 0. The molecule has 0 spiro atoms. The van der Waals surface area contributed by atoms with Crippen LogP contribution in [0, 0.1) is 0 Å². The number of hydrazine groups is 1. The second-order valence-corrected chi connectivity index (χ2v) is 6.23. The first kappa shape index (κ1) is 13.4. The van der Waals surface area contributed by atoms with Crippen molar-refractivity contribution in [2.24, 2.45) is 5.84 Å². The van der Waals surface area contributed by atoms with Crippen LogP contribution >= 0.6 is 27.3 Å². The van der Waals surface area contributed by atoms with Crippen LogP contribution in [0.25, 0.3) is 10.9 Å². The van der Waals surface area contributed by atoms with E-state index in [0.29, 0.717) is 11.4 Å². The van der Waals surface area contributed by atoms with Crippen molar-refractivity contribution in [1.82, 2.24) is 9.99 Å². The molecule has 0 saturated carbocycles. The maximum Gasteiger partial charge on any atom is 0.275 e. The molecule has 1 aromatic carbocycles. The van der Waals surface area contributed by atoms with E-state index < -0.39 is 0 Å². The molecule has 2 heterocycles. The lowest BCUT2D eigenvalue weighted by atomic mass is 10.2. The number of fused-ring (bicyclic) bond motifs is 1. The smallest absolute Gasteiger partial charge is 0.275 e. The number of amides is 1. The normalized spacial score (nSPS) is 10.9. The van der Waals surface area contributed by atoms with Gasteiger partial charge in [-0.2, -0.15) is 0 Å². The molecule has 0 radical (unpaired) electrons. The van der Waals surface area contributed by atoms with Gasteiger partial charge >= 0.3 is 0 Å². The number of rotatable bonds is 3. The van der Waals surface area contributed by atoms with E-state index >= 15 is 0 Å². The van der Waals surface area contributed by atoms with Crippen molar-refractivity contribution in [2.75, 3.05) is 0 Å². The Morgan fingerprint density at radius 2 is 2.20 bits per heavy atom. The molecular formula is C14H12BrN3OS. The molecule has 3 N–H and O–H groups in total. The molecule has 1 amide bonds. The van der Waals surface area contributed by atoms with Crippen LogP contribution < -0.4 is 11.3 Å². The molecule has 0 aliphatic carbocycles. The SMILES string of the molecule is NNC(=O)c1sccc1Cn1ccc2cc(Br)ccc21. The lowest BCUT2D eigenvalue weighted by Crippen LogP contribution is -2.30. The van der Waals surface area contributed by atoms with E-state index in [2.05, 4.69) is 44.1 Å². The van der Waals surface area contributed by atoms with E-state index in [-0.39, 0.29) is 5.91 Å². The summed E-state index contributed by atoms with van der Waals surface area (Å²) in [6.45, 7) is 0.650. The zero-order valence-corrected chi connectivity index (χ0v) is 12.9. The summed E-state index contributed by atoms with van der Waals surface area (Å²) in [5.74, 6) is 4.97. The Balaban J connectivity index is 1.98. The van der Waals surface area contributed by atoms with Crippen molar-refractivity contribution >= 4 is 44.1 Å². The number of aromatic nitrogens is 1. The second-order valence-electron chi connectivity index (χ2n) is 4.40. The molecule has 20 heavy (non-hydrogen) atoms. The lowest BCUT2D eigenvalue weighted by Gasteiger charge is -2.06. The third-order valence-electron chi connectivity index (χ3n) is 3.16. The molecule has 0 atom stereocenters. The first-order valence-electron chi connectivity index (χ1n) is 6.01. The summed E-state index contributed by atoms with van der Waals surface area (Å²) in [6.07, 6.45) is 2.03. The Labute approximate surface area is 128 Å². The van der Waals surface area contributed by atoms with Crippen molar-refractivity contribution in [3.8, 4) is 0 Å². The van der Waals surface area contributed by atoms with Crippen molar-refractivity contribution in [3.05, 3.63) is 56.8 Å². The minimum Gasteiger partial charge on any atom is -0.343 e. The summed E-state index contributed by atoms with van der Waals surface area (Å²) >= 11 is 4.87. The predicted octanol–water partition coefficient (Wildman–Crippen LogP) is 3.12. The fraction of sp³-hybridized carbons (Fsp3) is 0.0714. The van der Waals surface area contributed by atoms with Crippen molar-refractivity contribution in [1.29, 1.82) is 0 Å². The number of hydrogen-bond acceptors (Lipinski definition) is 3. The van der Waals surface area contributed by atoms with Crippen molar-refractivity contribution in [3.63, 3.8) is 0 Å². The van der Waals surface area contributed by atoms with Gasteiger partial charge in [-0.3, -0.25) is 10.2 Å². The molecule has 102 valence electrons. The maximum atomic E-state index is 11.7. The number of nitrogens with two attached hydrogens (primary N) is 1. The first-order chi connectivity index (χ1) is 9.69. The molecule has 0 aliphatic rings. The van der Waals surface area contributed by atoms with Gasteiger partial charge in [0.2, 0.25) is 0 Å². The third-order valence-corrected chi connectivity index (χ3v) is 4.61. The topological polar surface area (TPSA) is 60.0 Å². The molecule has 0 bridgehead atoms. The van der Waals surface area contributed by atoms with Crippen molar-refractivity contribution < 1.29 is 4.79 Å². The number of nitrogen functional groups attached to an aromatic ring is 1. The monoisotopic (exact) mass is 349 g/mol. The molecule has 0 fully saturated rings. The fourth-order valence-electron chi connectivity index (χ4n) is 2.22. The summed E-state index contributed by atoms with van der Waals surface area (Å²) in [4.78, 5) is 12.3. The largest absolute Gasteiger partial charge is 0.343 e. The maximum absolute atomic E-state index is 11.7. The summed E-state index contributed by atoms with van der Waals surface area (Å²) in [5, 5.41) is 3.07. The Morgan fingerprint density at radius 1 is 1.35 bits per heavy atom. The van der Waals surface area contributed by atoms with E-state index in [1.54, 1.807) is 0 Å². The molecule has 0 unspecified atom stereocenters.